The molecule has 0 aliphatic heterocycles. The number of esters is 1. The number of rotatable bonds is 5. The average Bonchev–Trinajstić information content (AvgIpc) is 2.53. The van der Waals surface area contributed by atoms with Crippen LogP contribution in [0.2, 0.25) is 0 Å². The molecule has 0 aromatic heterocycles. The number of ether oxygens (including phenoxy) is 1. The lowest BCUT2D eigenvalue weighted by Crippen LogP contribution is -2.00. The van der Waals surface area contributed by atoms with Gasteiger partial charge in [0.1, 0.15) is 0 Å². The van der Waals surface area contributed by atoms with Crippen LogP contribution in [0, 0.1) is 0 Å². The van der Waals surface area contributed by atoms with Crippen LogP contribution in [0.5, 0.6) is 0 Å². The highest BCUT2D eigenvalue weighted by atomic mass is 16.5. The molecular weight excluding hydrogens is 250 g/mol. The van der Waals surface area contributed by atoms with Crippen LogP contribution in [0.3, 0.4) is 0 Å². The summed E-state index contributed by atoms with van der Waals surface area (Å²) in [6, 6.07) is 15.9. The second-order valence-electron chi connectivity index (χ2n) is 4.66. The van der Waals surface area contributed by atoms with Crippen molar-refractivity contribution in [1.82, 2.24) is 0 Å². The molecule has 2 aromatic carbocycles. The Bertz CT molecular complexity index is 559. The predicted molar refractivity (Wildman–Crippen MR) is 80.6 cm³/mol. The summed E-state index contributed by atoms with van der Waals surface area (Å²) in [5.74, 6) is -0.311. The van der Waals surface area contributed by atoms with E-state index in [2.05, 4.69) is 29.0 Å². The van der Waals surface area contributed by atoms with E-state index in [4.69, 9.17) is 5.73 Å². The van der Waals surface area contributed by atoms with Crippen molar-refractivity contribution >= 4 is 5.97 Å². The van der Waals surface area contributed by atoms with Gasteiger partial charge in [0, 0.05) is 0 Å². The van der Waals surface area contributed by atoms with E-state index in [0.29, 0.717) is 5.56 Å². The summed E-state index contributed by atoms with van der Waals surface area (Å²) in [5, 5.41) is 0. The average molecular weight is 269 g/mol. The van der Waals surface area contributed by atoms with Crippen molar-refractivity contribution in [2.45, 2.75) is 12.8 Å². The van der Waals surface area contributed by atoms with Gasteiger partial charge in [0.25, 0.3) is 0 Å². The lowest BCUT2D eigenvalue weighted by Gasteiger charge is -2.05. The fraction of sp³-hybridized carbons (Fsp3) is 0.235. The second kappa shape index (κ2) is 6.87. The van der Waals surface area contributed by atoms with E-state index in [1.807, 2.05) is 12.1 Å². The van der Waals surface area contributed by atoms with Crippen molar-refractivity contribution in [3.8, 4) is 11.1 Å². The van der Waals surface area contributed by atoms with Crippen molar-refractivity contribution in [3.05, 3.63) is 59.7 Å². The largest absolute Gasteiger partial charge is 0.465 e. The van der Waals surface area contributed by atoms with E-state index in [-0.39, 0.29) is 5.97 Å². The van der Waals surface area contributed by atoms with Crippen molar-refractivity contribution in [3.63, 3.8) is 0 Å². The highest BCUT2D eigenvalue weighted by Crippen LogP contribution is 2.21. The van der Waals surface area contributed by atoms with Crippen LogP contribution < -0.4 is 5.73 Å². The number of hydrogen-bond donors (Lipinski definition) is 1. The number of aryl methyl sites for hydroxylation is 1. The van der Waals surface area contributed by atoms with Gasteiger partial charge in [0.15, 0.2) is 0 Å². The normalized spacial score (nSPS) is 10.3. The third kappa shape index (κ3) is 3.45. The SMILES string of the molecule is COC(=O)c1ccc(-c2ccc(CCCN)cc2)cc1. The third-order valence-corrected chi connectivity index (χ3v) is 3.26. The number of carbonyl (C=O) groups is 1. The van der Waals surface area contributed by atoms with E-state index in [0.717, 1.165) is 30.5 Å². The molecule has 0 fully saturated rings. The topological polar surface area (TPSA) is 52.3 Å². The first-order valence-electron chi connectivity index (χ1n) is 6.72. The second-order valence-corrected chi connectivity index (χ2v) is 4.66. The molecule has 0 radical (unpaired) electrons. The standard InChI is InChI=1S/C17H19NO2/c1-20-17(19)16-10-8-15(9-11-16)14-6-4-13(5-7-14)3-2-12-18/h4-11H,2-3,12,18H2,1H3. The Hall–Kier alpha value is -2.13. The van der Waals surface area contributed by atoms with E-state index in [9.17, 15) is 4.79 Å². The number of nitrogens with two attached hydrogens (primary N) is 1. The number of hydrogen-bond acceptors (Lipinski definition) is 3. The van der Waals surface area contributed by atoms with Crippen LogP contribution in [0.15, 0.2) is 48.5 Å². The first kappa shape index (κ1) is 14.3. The molecule has 0 amide bonds. The molecule has 0 spiro atoms. The van der Waals surface area contributed by atoms with Crippen LogP contribution in [0.4, 0.5) is 0 Å². The molecule has 2 N–H and O–H groups in total. The molecule has 104 valence electrons. The molecule has 2 rings (SSSR count). The highest BCUT2D eigenvalue weighted by molar-refractivity contribution is 5.89. The van der Waals surface area contributed by atoms with Crippen molar-refractivity contribution in [2.75, 3.05) is 13.7 Å². The van der Waals surface area contributed by atoms with Gasteiger partial charge in [0.2, 0.25) is 0 Å². The molecule has 0 atom stereocenters. The summed E-state index contributed by atoms with van der Waals surface area (Å²) in [4.78, 5) is 11.4. The summed E-state index contributed by atoms with van der Waals surface area (Å²) in [5.41, 5.74) is 9.59. The van der Waals surface area contributed by atoms with Gasteiger partial charge in [-0.3, -0.25) is 0 Å². The minimum atomic E-state index is -0.311. The van der Waals surface area contributed by atoms with Gasteiger partial charge in [-0.25, -0.2) is 4.79 Å². The van der Waals surface area contributed by atoms with Crippen molar-refractivity contribution in [1.29, 1.82) is 0 Å². The van der Waals surface area contributed by atoms with Crippen LogP contribution in [0.1, 0.15) is 22.3 Å². The Kier molecular flexibility index (Phi) is 4.91. The van der Waals surface area contributed by atoms with Gasteiger partial charge in [-0.1, -0.05) is 36.4 Å². The Balaban J connectivity index is 2.13. The number of benzene rings is 2. The third-order valence-electron chi connectivity index (χ3n) is 3.26. The van der Waals surface area contributed by atoms with Crippen LogP contribution >= 0.6 is 0 Å². The quantitative estimate of drug-likeness (QED) is 0.849. The summed E-state index contributed by atoms with van der Waals surface area (Å²) >= 11 is 0. The Morgan fingerprint density at radius 2 is 1.55 bits per heavy atom. The zero-order valence-electron chi connectivity index (χ0n) is 11.6. The van der Waals surface area contributed by atoms with E-state index in [1.165, 1.54) is 12.7 Å². The summed E-state index contributed by atoms with van der Waals surface area (Å²) < 4.78 is 4.69. The van der Waals surface area contributed by atoms with Crippen LogP contribution in [-0.2, 0) is 11.2 Å². The summed E-state index contributed by atoms with van der Waals surface area (Å²) in [6.45, 7) is 0.719. The Labute approximate surface area is 119 Å². The van der Waals surface area contributed by atoms with Gasteiger partial charge < -0.3 is 10.5 Å². The lowest BCUT2D eigenvalue weighted by molar-refractivity contribution is 0.0601. The maximum Gasteiger partial charge on any atom is 0.337 e. The number of carbonyl (C=O) groups excluding carboxylic acids is 1. The molecule has 20 heavy (non-hydrogen) atoms. The molecule has 0 saturated carbocycles. The predicted octanol–water partition coefficient (Wildman–Crippen LogP) is 3.03. The highest BCUT2D eigenvalue weighted by Gasteiger charge is 2.05. The van der Waals surface area contributed by atoms with Crippen molar-refractivity contribution in [2.24, 2.45) is 5.73 Å². The summed E-state index contributed by atoms with van der Waals surface area (Å²) in [6.07, 6.45) is 2.02. The first-order chi connectivity index (χ1) is 9.74. The Morgan fingerprint density at radius 3 is 2.05 bits per heavy atom. The van der Waals surface area contributed by atoms with E-state index in [1.54, 1.807) is 12.1 Å². The Morgan fingerprint density at radius 1 is 1.00 bits per heavy atom. The van der Waals surface area contributed by atoms with E-state index < -0.39 is 0 Å². The molecule has 2 aromatic rings. The molecule has 0 aliphatic rings. The molecule has 0 aliphatic carbocycles. The maximum atomic E-state index is 11.4. The monoisotopic (exact) mass is 269 g/mol. The minimum absolute atomic E-state index is 0.311. The molecule has 3 heteroatoms. The van der Waals surface area contributed by atoms with Gasteiger partial charge in [-0.15, -0.1) is 0 Å². The zero-order chi connectivity index (χ0) is 14.4. The smallest absolute Gasteiger partial charge is 0.337 e. The van der Waals surface area contributed by atoms with Gasteiger partial charge in [-0.05, 0) is 48.2 Å². The molecule has 0 unspecified atom stereocenters. The fourth-order valence-corrected chi connectivity index (χ4v) is 2.09. The maximum absolute atomic E-state index is 11.4. The van der Waals surface area contributed by atoms with Gasteiger partial charge in [0.05, 0.1) is 12.7 Å². The molecule has 3 nitrogen and oxygen atoms in total. The number of methoxy groups -OCH3 is 1. The zero-order valence-corrected chi connectivity index (χ0v) is 11.6. The minimum Gasteiger partial charge on any atom is -0.465 e. The lowest BCUT2D eigenvalue weighted by atomic mass is 10.0. The van der Waals surface area contributed by atoms with Crippen LogP contribution in [0.25, 0.3) is 11.1 Å². The fourth-order valence-electron chi connectivity index (χ4n) is 2.09. The van der Waals surface area contributed by atoms with Crippen molar-refractivity contribution < 1.29 is 9.53 Å². The van der Waals surface area contributed by atoms with Crippen LogP contribution in [-0.4, -0.2) is 19.6 Å². The molecule has 0 saturated heterocycles. The molecular formula is C17H19NO2. The first-order valence-corrected chi connectivity index (χ1v) is 6.72. The summed E-state index contributed by atoms with van der Waals surface area (Å²) in [7, 11) is 1.39. The van der Waals surface area contributed by atoms with Gasteiger partial charge >= 0.3 is 5.97 Å². The molecule has 0 bridgehead atoms. The van der Waals surface area contributed by atoms with E-state index >= 15 is 0 Å². The van der Waals surface area contributed by atoms with Gasteiger partial charge in [-0.2, -0.15) is 0 Å². The molecule has 0 heterocycles.